The second kappa shape index (κ2) is 56.4. The minimum Gasteiger partial charge on any atom is -0.756 e. The Labute approximate surface area is 467 Å². The van der Waals surface area contributed by atoms with Crippen molar-refractivity contribution in [2.24, 2.45) is 0 Å². The Hall–Kier alpha value is -3.33. The summed E-state index contributed by atoms with van der Waals surface area (Å²) >= 11 is 0. The van der Waals surface area contributed by atoms with Crippen molar-refractivity contribution in [3.05, 3.63) is 109 Å². The molecule has 0 bridgehead atoms. The van der Waals surface area contributed by atoms with Crippen molar-refractivity contribution in [1.29, 1.82) is 0 Å². The predicted molar refractivity (Wildman–Crippen MR) is 323 cm³/mol. The van der Waals surface area contributed by atoms with Crippen LogP contribution >= 0.6 is 7.82 Å². The fraction of sp³-hybridized carbons (Fsp3) is 0.697. The molecule has 0 saturated heterocycles. The van der Waals surface area contributed by atoms with Gasteiger partial charge in [0.05, 0.1) is 27.7 Å². The lowest BCUT2D eigenvalue weighted by Gasteiger charge is -2.28. The zero-order chi connectivity index (χ0) is 55.6. The van der Waals surface area contributed by atoms with E-state index in [-0.39, 0.29) is 26.1 Å². The molecular formula is C66H114NO8P. The summed E-state index contributed by atoms with van der Waals surface area (Å²) in [6, 6.07) is 0. The van der Waals surface area contributed by atoms with Gasteiger partial charge in [0.15, 0.2) is 6.10 Å². The van der Waals surface area contributed by atoms with Gasteiger partial charge < -0.3 is 27.9 Å². The fourth-order valence-electron chi connectivity index (χ4n) is 8.17. The zero-order valence-electron chi connectivity index (χ0n) is 49.4. The maximum atomic E-state index is 12.8. The molecule has 0 aliphatic rings. The van der Waals surface area contributed by atoms with Gasteiger partial charge in [0.2, 0.25) is 0 Å². The van der Waals surface area contributed by atoms with Crippen molar-refractivity contribution in [2.75, 3.05) is 47.5 Å². The number of phosphoric ester groups is 1. The normalized spacial score (nSPS) is 14.0. The third kappa shape index (κ3) is 59.9. The summed E-state index contributed by atoms with van der Waals surface area (Å²) < 4.78 is 34.0. The number of likely N-dealkylation sites (N-methyl/N-ethyl adjacent to an activating group) is 1. The summed E-state index contributed by atoms with van der Waals surface area (Å²) in [5.41, 5.74) is 0. The van der Waals surface area contributed by atoms with E-state index in [4.69, 9.17) is 18.5 Å². The molecule has 0 aromatic heterocycles. The number of ether oxygens (including phenoxy) is 2. The Morgan fingerprint density at radius 3 is 1.11 bits per heavy atom. The second-order valence-corrected chi connectivity index (χ2v) is 22.7. The average molecular weight is 1080 g/mol. The van der Waals surface area contributed by atoms with Gasteiger partial charge in [-0.05, 0) is 83.5 Å². The minimum atomic E-state index is -4.65. The van der Waals surface area contributed by atoms with E-state index >= 15 is 0 Å². The van der Waals surface area contributed by atoms with E-state index in [9.17, 15) is 19.0 Å². The lowest BCUT2D eigenvalue weighted by molar-refractivity contribution is -0.870. The molecule has 2 unspecified atom stereocenters. The van der Waals surface area contributed by atoms with Crippen LogP contribution in [0.15, 0.2) is 109 Å². The van der Waals surface area contributed by atoms with Gasteiger partial charge in [-0.2, -0.15) is 0 Å². The molecule has 0 heterocycles. The van der Waals surface area contributed by atoms with Crippen molar-refractivity contribution in [2.45, 2.75) is 251 Å². The molecule has 0 amide bonds. The van der Waals surface area contributed by atoms with Gasteiger partial charge in [0.25, 0.3) is 7.82 Å². The van der Waals surface area contributed by atoms with E-state index in [2.05, 4.69) is 111 Å². The minimum absolute atomic E-state index is 0.0440. The quantitative estimate of drug-likeness (QED) is 0.0195. The molecule has 0 spiro atoms. The van der Waals surface area contributed by atoms with E-state index < -0.39 is 32.5 Å². The molecule has 0 aromatic rings. The predicted octanol–water partition coefficient (Wildman–Crippen LogP) is 18.7. The molecule has 0 rings (SSSR count). The molecule has 0 aromatic carbocycles. The third-order valence-electron chi connectivity index (χ3n) is 12.8. The molecule has 0 N–H and O–H groups in total. The van der Waals surface area contributed by atoms with Crippen LogP contribution in [0.5, 0.6) is 0 Å². The molecule has 10 heteroatoms. The number of esters is 2. The Morgan fingerprint density at radius 1 is 0.408 bits per heavy atom. The van der Waals surface area contributed by atoms with Crippen molar-refractivity contribution < 1.29 is 42.1 Å². The SMILES string of the molecule is CC/C=C\C/C=C\C/C=C\C/C=C\C/C=C\CCCCCCCCCCCCCCCCCCCCCCCCCC(=O)OC(COC(=O)CC/C=C\C/C=C\C/C=C\C/C=C\CC)COP(=O)([O-])OCC[N+](C)(C)C. The highest BCUT2D eigenvalue weighted by molar-refractivity contribution is 7.45. The number of hydrogen-bond acceptors (Lipinski definition) is 8. The number of unbranched alkanes of at least 4 members (excludes halogenated alkanes) is 23. The summed E-state index contributed by atoms with van der Waals surface area (Å²) in [5.74, 6) is -0.927. The van der Waals surface area contributed by atoms with Crippen molar-refractivity contribution in [3.8, 4) is 0 Å². The van der Waals surface area contributed by atoms with Gasteiger partial charge in [0.1, 0.15) is 19.8 Å². The van der Waals surface area contributed by atoms with Crippen LogP contribution in [0.4, 0.5) is 0 Å². The van der Waals surface area contributed by atoms with Gasteiger partial charge in [0, 0.05) is 12.8 Å². The maximum absolute atomic E-state index is 12.8. The summed E-state index contributed by atoms with van der Waals surface area (Å²) in [6.45, 7) is 3.92. The molecule has 0 aliphatic heterocycles. The van der Waals surface area contributed by atoms with Crippen LogP contribution in [0.3, 0.4) is 0 Å². The van der Waals surface area contributed by atoms with E-state index in [1.807, 2.05) is 33.3 Å². The number of carbonyl (C=O) groups is 2. The Kier molecular flexibility index (Phi) is 53.9. The Balaban J connectivity index is 3.95. The average Bonchev–Trinajstić information content (AvgIpc) is 3.38. The van der Waals surface area contributed by atoms with Crippen LogP contribution in [0.2, 0.25) is 0 Å². The molecule has 2 atom stereocenters. The molecule has 436 valence electrons. The smallest absolute Gasteiger partial charge is 0.306 e. The van der Waals surface area contributed by atoms with Crippen LogP contribution in [-0.4, -0.2) is 70.0 Å². The highest BCUT2D eigenvalue weighted by Crippen LogP contribution is 2.38. The van der Waals surface area contributed by atoms with Gasteiger partial charge in [-0.25, -0.2) is 0 Å². The standard InChI is InChI=1S/C66H114NO8P/c1-6-8-10-12-14-16-18-20-21-22-23-24-25-26-27-28-29-30-31-32-33-34-35-36-37-38-39-40-41-42-43-44-45-47-49-51-53-55-57-59-66(69)75-64(63-74-76(70,71)73-61-60-67(3,4)5)62-72-65(68)58-56-54-52-50-48-46-19-17-15-13-11-9-7-2/h8-11,14-17,20-21,23-24,26-27,46,48,52,54,64H,6-7,12-13,18-19,22,25,28-45,47,49-51,53,55-63H2,1-5H3/b10-8-,11-9-,16-14-,17-15-,21-20-,24-23-,27-26-,48-46-,54-52-. The van der Waals surface area contributed by atoms with Crippen LogP contribution < -0.4 is 4.89 Å². The van der Waals surface area contributed by atoms with Crippen LogP contribution in [-0.2, 0) is 32.7 Å². The topological polar surface area (TPSA) is 111 Å². The number of nitrogens with zero attached hydrogens (tertiary/aromatic N) is 1. The second-order valence-electron chi connectivity index (χ2n) is 21.3. The highest BCUT2D eigenvalue weighted by atomic mass is 31.2. The van der Waals surface area contributed by atoms with Crippen molar-refractivity contribution >= 4 is 19.8 Å². The number of hydrogen-bond donors (Lipinski definition) is 0. The first-order chi connectivity index (χ1) is 37.0. The molecular weight excluding hydrogens is 966 g/mol. The monoisotopic (exact) mass is 1080 g/mol. The first-order valence-corrected chi connectivity index (χ1v) is 32.1. The lowest BCUT2D eigenvalue weighted by Crippen LogP contribution is -2.37. The van der Waals surface area contributed by atoms with E-state index in [1.165, 1.54) is 128 Å². The molecule has 0 aliphatic carbocycles. The van der Waals surface area contributed by atoms with Crippen molar-refractivity contribution in [3.63, 3.8) is 0 Å². The number of phosphoric acid groups is 1. The molecule has 0 fully saturated rings. The first-order valence-electron chi connectivity index (χ1n) is 30.6. The van der Waals surface area contributed by atoms with Crippen LogP contribution in [0.25, 0.3) is 0 Å². The van der Waals surface area contributed by atoms with Crippen LogP contribution in [0.1, 0.15) is 245 Å². The molecule has 76 heavy (non-hydrogen) atoms. The number of allylic oxidation sites excluding steroid dienone is 18. The largest absolute Gasteiger partial charge is 0.756 e. The first kappa shape index (κ1) is 72.7. The van der Waals surface area contributed by atoms with Crippen LogP contribution in [0, 0.1) is 0 Å². The lowest BCUT2D eigenvalue weighted by atomic mass is 10.0. The number of rotatable bonds is 55. The number of quaternary nitrogens is 1. The zero-order valence-corrected chi connectivity index (χ0v) is 50.3. The Bertz CT molecular complexity index is 1650. The Morgan fingerprint density at radius 2 is 0.737 bits per heavy atom. The van der Waals surface area contributed by atoms with E-state index in [0.29, 0.717) is 23.9 Å². The summed E-state index contributed by atoms with van der Waals surface area (Å²) in [4.78, 5) is 37.7. The summed E-state index contributed by atoms with van der Waals surface area (Å²) in [7, 11) is 1.13. The molecule has 0 radical (unpaired) electrons. The van der Waals surface area contributed by atoms with E-state index in [1.54, 1.807) is 0 Å². The van der Waals surface area contributed by atoms with Gasteiger partial charge in [-0.3, -0.25) is 14.2 Å². The molecule has 9 nitrogen and oxygen atoms in total. The fourth-order valence-corrected chi connectivity index (χ4v) is 8.90. The van der Waals surface area contributed by atoms with Gasteiger partial charge in [-0.15, -0.1) is 0 Å². The van der Waals surface area contributed by atoms with E-state index in [0.717, 1.165) is 77.0 Å². The van der Waals surface area contributed by atoms with Gasteiger partial charge >= 0.3 is 11.9 Å². The number of carbonyl (C=O) groups excluding carboxylic acids is 2. The summed E-state index contributed by atoms with van der Waals surface area (Å²) in [6.07, 6.45) is 79.1. The summed E-state index contributed by atoms with van der Waals surface area (Å²) in [5, 5.41) is 0. The maximum Gasteiger partial charge on any atom is 0.306 e. The highest BCUT2D eigenvalue weighted by Gasteiger charge is 2.21. The van der Waals surface area contributed by atoms with Gasteiger partial charge in [-0.1, -0.05) is 258 Å². The van der Waals surface area contributed by atoms with Crippen molar-refractivity contribution in [1.82, 2.24) is 0 Å². The molecule has 0 saturated carbocycles. The third-order valence-corrected chi connectivity index (χ3v) is 13.8.